The standard InChI is InChI=1S/C16H13BrClN3O2S/c17-13-6-5-12(24-13)9-19-14(22)7-8-15-20-16(21-23-15)10-1-3-11(18)4-2-10/h1-6H,7-9H2,(H,19,22). The zero-order chi connectivity index (χ0) is 16.9. The maximum atomic E-state index is 11.9. The molecular formula is C16H13BrClN3O2S. The number of aryl methyl sites for hydroxylation is 1. The summed E-state index contributed by atoms with van der Waals surface area (Å²) >= 11 is 10.8. The van der Waals surface area contributed by atoms with Gasteiger partial charge in [-0.15, -0.1) is 11.3 Å². The minimum absolute atomic E-state index is 0.0502. The van der Waals surface area contributed by atoms with Gasteiger partial charge in [-0.2, -0.15) is 4.98 Å². The molecule has 0 aliphatic heterocycles. The summed E-state index contributed by atoms with van der Waals surface area (Å²) in [6.45, 7) is 0.523. The third-order valence-corrected chi connectivity index (χ3v) is 5.10. The van der Waals surface area contributed by atoms with E-state index in [4.69, 9.17) is 16.1 Å². The van der Waals surface area contributed by atoms with Crippen molar-refractivity contribution in [1.29, 1.82) is 0 Å². The van der Waals surface area contributed by atoms with Gasteiger partial charge >= 0.3 is 0 Å². The smallest absolute Gasteiger partial charge is 0.227 e. The normalized spacial score (nSPS) is 10.8. The van der Waals surface area contributed by atoms with Gasteiger partial charge in [0, 0.05) is 28.3 Å². The van der Waals surface area contributed by atoms with Gasteiger partial charge in [0.2, 0.25) is 17.6 Å². The molecule has 8 heteroatoms. The van der Waals surface area contributed by atoms with E-state index in [-0.39, 0.29) is 5.91 Å². The van der Waals surface area contributed by atoms with Crippen LogP contribution in [0.1, 0.15) is 17.2 Å². The van der Waals surface area contributed by atoms with Gasteiger partial charge in [-0.25, -0.2) is 0 Å². The highest BCUT2D eigenvalue weighted by molar-refractivity contribution is 9.11. The van der Waals surface area contributed by atoms with E-state index in [1.807, 2.05) is 24.3 Å². The van der Waals surface area contributed by atoms with Gasteiger partial charge in [-0.1, -0.05) is 16.8 Å². The number of aromatic nitrogens is 2. The molecule has 0 aliphatic rings. The first-order valence-electron chi connectivity index (χ1n) is 7.19. The van der Waals surface area contributed by atoms with Gasteiger partial charge in [0.05, 0.1) is 10.3 Å². The number of halogens is 2. The molecular weight excluding hydrogens is 414 g/mol. The van der Waals surface area contributed by atoms with Crippen LogP contribution in [-0.2, 0) is 17.8 Å². The molecule has 0 unspecified atom stereocenters. The Hall–Kier alpha value is -1.70. The predicted octanol–water partition coefficient (Wildman–Crippen LogP) is 4.46. The first-order chi connectivity index (χ1) is 11.6. The fourth-order valence-corrected chi connectivity index (χ4v) is 3.56. The van der Waals surface area contributed by atoms with Crippen molar-refractivity contribution < 1.29 is 9.32 Å². The van der Waals surface area contributed by atoms with E-state index in [2.05, 4.69) is 31.4 Å². The quantitative estimate of drug-likeness (QED) is 0.632. The summed E-state index contributed by atoms with van der Waals surface area (Å²) in [5, 5.41) is 7.45. The lowest BCUT2D eigenvalue weighted by molar-refractivity contribution is -0.121. The molecule has 5 nitrogen and oxygen atoms in total. The van der Waals surface area contributed by atoms with Crippen molar-refractivity contribution in [2.45, 2.75) is 19.4 Å². The Labute approximate surface area is 156 Å². The third kappa shape index (κ3) is 4.66. The van der Waals surface area contributed by atoms with Crippen LogP contribution in [0.2, 0.25) is 5.02 Å². The van der Waals surface area contributed by atoms with Crippen LogP contribution in [0.15, 0.2) is 44.7 Å². The average molecular weight is 427 g/mol. The Morgan fingerprint density at radius 3 is 2.75 bits per heavy atom. The number of hydrogen-bond acceptors (Lipinski definition) is 5. The van der Waals surface area contributed by atoms with Crippen molar-refractivity contribution in [3.05, 3.63) is 56.0 Å². The SMILES string of the molecule is O=C(CCc1nc(-c2ccc(Cl)cc2)no1)NCc1ccc(Br)s1. The van der Waals surface area contributed by atoms with E-state index >= 15 is 0 Å². The maximum absolute atomic E-state index is 11.9. The van der Waals surface area contributed by atoms with Gasteiger partial charge in [0.25, 0.3) is 0 Å². The van der Waals surface area contributed by atoms with Crippen molar-refractivity contribution in [3.8, 4) is 11.4 Å². The van der Waals surface area contributed by atoms with E-state index in [1.165, 1.54) is 0 Å². The first kappa shape index (κ1) is 17.1. The average Bonchev–Trinajstić information content (AvgIpc) is 3.21. The number of thiophene rings is 1. The van der Waals surface area contributed by atoms with Crippen LogP contribution in [0.4, 0.5) is 0 Å². The van der Waals surface area contributed by atoms with Crippen LogP contribution in [0.5, 0.6) is 0 Å². The highest BCUT2D eigenvalue weighted by Gasteiger charge is 2.11. The van der Waals surface area contributed by atoms with E-state index < -0.39 is 0 Å². The van der Waals surface area contributed by atoms with E-state index in [1.54, 1.807) is 23.5 Å². The summed E-state index contributed by atoms with van der Waals surface area (Å²) in [5.74, 6) is 0.880. The van der Waals surface area contributed by atoms with E-state index in [0.717, 1.165) is 14.2 Å². The second kappa shape index (κ2) is 7.92. The lowest BCUT2D eigenvalue weighted by Gasteiger charge is -2.01. The highest BCUT2D eigenvalue weighted by atomic mass is 79.9. The molecule has 2 heterocycles. The summed E-state index contributed by atoms with van der Waals surface area (Å²) in [6, 6.07) is 11.1. The zero-order valence-corrected chi connectivity index (χ0v) is 15.6. The summed E-state index contributed by atoms with van der Waals surface area (Å²) in [7, 11) is 0. The molecule has 1 aromatic carbocycles. The molecule has 0 atom stereocenters. The van der Waals surface area contributed by atoms with Crippen molar-refractivity contribution in [1.82, 2.24) is 15.5 Å². The topological polar surface area (TPSA) is 68.0 Å². The molecule has 1 N–H and O–H groups in total. The van der Waals surface area contributed by atoms with Crippen LogP contribution in [0.3, 0.4) is 0 Å². The molecule has 0 spiro atoms. The summed E-state index contributed by atoms with van der Waals surface area (Å²) in [5.41, 5.74) is 0.821. The molecule has 2 aromatic heterocycles. The Morgan fingerprint density at radius 2 is 2.04 bits per heavy atom. The van der Waals surface area contributed by atoms with Crippen LogP contribution >= 0.6 is 38.9 Å². The van der Waals surface area contributed by atoms with Gasteiger partial charge < -0.3 is 9.84 Å². The van der Waals surface area contributed by atoms with Crippen molar-refractivity contribution in [2.75, 3.05) is 0 Å². The van der Waals surface area contributed by atoms with Crippen LogP contribution < -0.4 is 5.32 Å². The van der Waals surface area contributed by atoms with Crippen molar-refractivity contribution in [3.63, 3.8) is 0 Å². The molecule has 24 heavy (non-hydrogen) atoms. The van der Waals surface area contributed by atoms with Crippen molar-refractivity contribution in [2.24, 2.45) is 0 Å². The number of nitrogens with one attached hydrogen (secondary N) is 1. The highest BCUT2D eigenvalue weighted by Crippen LogP contribution is 2.22. The molecule has 1 amide bonds. The zero-order valence-electron chi connectivity index (χ0n) is 12.5. The van der Waals surface area contributed by atoms with E-state index in [0.29, 0.717) is 36.1 Å². The Morgan fingerprint density at radius 1 is 1.25 bits per heavy atom. The molecule has 124 valence electrons. The Kier molecular flexibility index (Phi) is 5.65. The van der Waals surface area contributed by atoms with Gasteiger partial charge in [-0.3, -0.25) is 4.79 Å². The fourth-order valence-electron chi connectivity index (χ4n) is 2.01. The number of nitrogens with zero attached hydrogens (tertiary/aromatic N) is 2. The molecule has 0 aliphatic carbocycles. The van der Waals surface area contributed by atoms with Crippen LogP contribution in [-0.4, -0.2) is 16.0 Å². The first-order valence-corrected chi connectivity index (χ1v) is 9.18. The fraction of sp³-hybridized carbons (Fsp3) is 0.188. The number of carbonyl (C=O) groups is 1. The number of hydrogen-bond donors (Lipinski definition) is 1. The summed E-state index contributed by atoms with van der Waals surface area (Å²) < 4.78 is 6.24. The third-order valence-electron chi connectivity index (χ3n) is 3.23. The van der Waals surface area contributed by atoms with E-state index in [9.17, 15) is 4.79 Å². The van der Waals surface area contributed by atoms with Gasteiger partial charge in [0.15, 0.2) is 0 Å². The minimum Gasteiger partial charge on any atom is -0.351 e. The Bertz CT molecular complexity index is 832. The molecule has 3 rings (SSSR count). The largest absolute Gasteiger partial charge is 0.351 e. The summed E-state index contributed by atoms with van der Waals surface area (Å²) in [6.07, 6.45) is 0.704. The molecule has 0 fully saturated rings. The van der Waals surface area contributed by atoms with Gasteiger partial charge in [-0.05, 0) is 52.3 Å². The minimum atomic E-state index is -0.0502. The second-order valence-electron chi connectivity index (χ2n) is 5.00. The predicted molar refractivity (Wildman–Crippen MR) is 96.9 cm³/mol. The van der Waals surface area contributed by atoms with Crippen molar-refractivity contribution >= 4 is 44.8 Å². The molecule has 0 saturated carbocycles. The van der Waals surface area contributed by atoms with Crippen LogP contribution in [0, 0.1) is 0 Å². The second-order valence-corrected chi connectivity index (χ2v) is 7.99. The number of amides is 1. The molecule has 3 aromatic rings. The Balaban J connectivity index is 1.49. The number of carbonyl (C=O) groups excluding carboxylic acids is 1. The maximum Gasteiger partial charge on any atom is 0.227 e. The number of benzene rings is 1. The molecule has 0 saturated heterocycles. The molecule has 0 radical (unpaired) electrons. The lowest BCUT2D eigenvalue weighted by atomic mass is 10.2. The van der Waals surface area contributed by atoms with Gasteiger partial charge in [0.1, 0.15) is 0 Å². The van der Waals surface area contributed by atoms with Crippen LogP contribution in [0.25, 0.3) is 11.4 Å². The lowest BCUT2D eigenvalue weighted by Crippen LogP contribution is -2.22. The summed E-state index contributed by atoms with van der Waals surface area (Å²) in [4.78, 5) is 17.3. The monoisotopic (exact) mass is 425 g/mol. The number of rotatable bonds is 6. The molecule has 0 bridgehead atoms.